The highest BCUT2D eigenvalue weighted by Crippen LogP contribution is 2.28. The van der Waals surface area contributed by atoms with Crippen LogP contribution in [0, 0.1) is 0 Å². The fourth-order valence-corrected chi connectivity index (χ4v) is 2.90. The van der Waals surface area contributed by atoms with Crippen molar-refractivity contribution in [1.82, 2.24) is 10.6 Å². The largest absolute Gasteiger partial charge is 0.493 e. The molecule has 154 valence electrons. The number of benzene rings is 1. The van der Waals surface area contributed by atoms with Crippen molar-refractivity contribution in [1.29, 1.82) is 0 Å². The van der Waals surface area contributed by atoms with E-state index in [0.29, 0.717) is 13.2 Å². The Labute approximate surface area is 180 Å². The molecule has 0 radical (unpaired) electrons. The monoisotopic (exact) mass is 491 g/mol. The van der Waals surface area contributed by atoms with E-state index >= 15 is 0 Å². The van der Waals surface area contributed by atoms with Gasteiger partial charge in [-0.05, 0) is 50.8 Å². The molecule has 6 nitrogen and oxygen atoms in total. The van der Waals surface area contributed by atoms with E-state index in [1.54, 1.807) is 7.11 Å². The molecule has 1 aromatic rings. The molecular weight excluding hydrogens is 457 g/mol. The molecule has 7 heteroatoms. The van der Waals surface area contributed by atoms with Crippen LogP contribution in [0.25, 0.3) is 0 Å². The lowest BCUT2D eigenvalue weighted by Crippen LogP contribution is -2.45. The first-order valence-corrected chi connectivity index (χ1v) is 9.56. The SMILES string of the molecule is CCCOc1ccc(CN=C(NCC)NCC2(C)CCCO2)cc1OC.I. The lowest BCUT2D eigenvalue weighted by atomic mass is 10.0. The minimum Gasteiger partial charge on any atom is -0.493 e. The predicted octanol–water partition coefficient (Wildman–Crippen LogP) is 3.73. The van der Waals surface area contributed by atoms with Crippen molar-refractivity contribution in [2.45, 2.75) is 52.2 Å². The molecule has 1 unspecified atom stereocenters. The summed E-state index contributed by atoms with van der Waals surface area (Å²) in [6.07, 6.45) is 3.17. The van der Waals surface area contributed by atoms with E-state index in [-0.39, 0.29) is 29.6 Å². The molecule has 0 saturated carbocycles. The van der Waals surface area contributed by atoms with E-state index < -0.39 is 0 Å². The highest BCUT2D eigenvalue weighted by molar-refractivity contribution is 14.0. The minimum absolute atomic E-state index is 0. The standard InChI is InChI=1S/C20H33N3O3.HI/c1-5-11-25-17-9-8-16(13-18(17)24-4)14-22-19(21-6-2)23-15-20(3)10-7-12-26-20;/h8-9,13H,5-7,10-12,14-15H2,1-4H3,(H2,21,22,23);1H. The van der Waals surface area contributed by atoms with Crippen molar-refractivity contribution in [3.05, 3.63) is 23.8 Å². The molecule has 1 aromatic carbocycles. The van der Waals surface area contributed by atoms with Crippen LogP contribution in [0.1, 0.15) is 45.6 Å². The van der Waals surface area contributed by atoms with Crippen LogP contribution in [0.5, 0.6) is 11.5 Å². The second kappa shape index (κ2) is 12.3. The molecule has 1 fully saturated rings. The number of methoxy groups -OCH3 is 1. The van der Waals surface area contributed by atoms with Crippen LogP contribution >= 0.6 is 24.0 Å². The van der Waals surface area contributed by atoms with Gasteiger partial charge >= 0.3 is 0 Å². The number of guanidine groups is 1. The third-order valence-corrected chi connectivity index (χ3v) is 4.38. The van der Waals surface area contributed by atoms with Crippen LogP contribution in [0.2, 0.25) is 0 Å². The van der Waals surface area contributed by atoms with Gasteiger partial charge in [0, 0.05) is 19.7 Å². The Morgan fingerprint density at radius 3 is 2.70 bits per heavy atom. The molecular formula is C20H34IN3O3. The van der Waals surface area contributed by atoms with Gasteiger partial charge in [0.05, 0.1) is 25.9 Å². The van der Waals surface area contributed by atoms with E-state index in [2.05, 4.69) is 36.4 Å². The number of hydrogen-bond acceptors (Lipinski definition) is 4. The zero-order chi connectivity index (χ0) is 18.8. The Bertz CT molecular complexity index is 590. The van der Waals surface area contributed by atoms with Crippen LogP contribution < -0.4 is 20.1 Å². The van der Waals surface area contributed by atoms with E-state index in [1.165, 1.54) is 0 Å². The molecule has 1 aliphatic rings. The Kier molecular flexibility index (Phi) is 10.8. The topological polar surface area (TPSA) is 64.1 Å². The van der Waals surface area contributed by atoms with Crippen molar-refractivity contribution in [2.24, 2.45) is 4.99 Å². The molecule has 0 aliphatic carbocycles. The highest BCUT2D eigenvalue weighted by atomic mass is 127. The van der Waals surface area contributed by atoms with Crippen molar-refractivity contribution in [3.63, 3.8) is 0 Å². The highest BCUT2D eigenvalue weighted by Gasteiger charge is 2.29. The van der Waals surface area contributed by atoms with Gasteiger partial charge in [0.2, 0.25) is 0 Å². The molecule has 1 heterocycles. The van der Waals surface area contributed by atoms with Gasteiger partial charge in [-0.15, -0.1) is 24.0 Å². The summed E-state index contributed by atoms with van der Waals surface area (Å²) in [5, 5.41) is 6.69. The molecule has 2 N–H and O–H groups in total. The van der Waals surface area contributed by atoms with Crippen LogP contribution in [0.3, 0.4) is 0 Å². The number of nitrogens with one attached hydrogen (secondary N) is 2. The number of halogens is 1. The van der Waals surface area contributed by atoms with Crippen molar-refractivity contribution in [2.75, 3.05) is 33.4 Å². The smallest absolute Gasteiger partial charge is 0.191 e. The summed E-state index contributed by atoms with van der Waals surface area (Å²) in [7, 11) is 1.66. The van der Waals surface area contributed by atoms with Crippen LogP contribution in [-0.4, -0.2) is 45.0 Å². The summed E-state index contributed by atoms with van der Waals surface area (Å²) in [6.45, 7) is 9.97. The lowest BCUT2D eigenvalue weighted by molar-refractivity contribution is 0.0243. The molecule has 2 rings (SSSR count). The first kappa shape index (κ1) is 23.8. The zero-order valence-corrected chi connectivity index (χ0v) is 19.3. The van der Waals surface area contributed by atoms with Crippen LogP contribution in [0.4, 0.5) is 0 Å². The number of rotatable bonds is 9. The molecule has 1 aliphatic heterocycles. The first-order valence-electron chi connectivity index (χ1n) is 9.56. The van der Waals surface area contributed by atoms with Gasteiger partial charge in [-0.2, -0.15) is 0 Å². The third kappa shape index (κ3) is 7.73. The van der Waals surface area contributed by atoms with Gasteiger partial charge in [0.15, 0.2) is 17.5 Å². The third-order valence-electron chi connectivity index (χ3n) is 4.38. The Morgan fingerprint density at radius 1 is 1.26 bits per heavy atom. The van der Waals surface area contributed by atoms with E-state index in [4.69, 9.17) is 14.2 Å². The van der Waals surface area contributed by atoms with Crippen LogP contribution in [0.15, 0.2) is 23.2 Å². The lowest BCUT2D eigenvalue weighted by Gasteiger charge is -2.24. The fourth-order valence-electron chi connectivity index (χ4n) is 2.90. The number of ether oxygens (including phenoxy) is 3. The Balaban J connectivity index is 0.00000364. The maximum absolute atomic E-state index is 5.83. The van der Waals surface area contributed by atoms with E-state index in [9.17, 15) is 0 Å². The van der Waals surface area contributed by atoms with Gasteiger partial charge in [-0.25, -0.2) is 4.99 Å². The summed E-state index contributed by atoms with van der Waals surface area (Å²) < 4.78 is 17.0. The summed E-state index contributed by atoms with van der Waals surface area (Å²) in [4.78, 5) is 4.69. The van der Waals surface area contributed by atoms with E-state index in [0.717, 1.165) is 62.0 Å². The maximum Gasteiger partial charge on any atom is 0.191 e. The molecule has 0 bridgehead atoms. The molecule has 27 heavy (non-hydrogen) atoms. The molecule has 1 saturated heterocycles. The summed E-state index contributed by atoms with van der Waals surface area (Å²) in [5.41, 5.74) is 0.976. The number of nitrogens with zero attached hydrogens (tertiary/aromatic N) is 1. The summed E-state index contributed by atoms with van der Waals surface area (Å²) >= 11 is 0. The van der Waals surface area contributed by atoms with Gasteiger partial charge in [0.25, 0.3) is 0 Å². The summed E-state index contributed by atoms with van der Waals surface area (Å²) in [6, 6.07) is 5.97. The average Bonchev–Trinajstić information content (AvgIpc) is 3.09. The summed E-state index contributed by atoms with van der Waals surface area (Å²) in [5.74, 6) is 2.32. The molecule has 0 amide bonds. The second-order valence-electron chi connectivity index (χ2n) is 6.78. The molecule has 0 spiro atoms. The van der Waals surface area contributed by atoms with Gasteiger partial charge < -0.3 is 24.8 Å². The fraction of sp³-hybridized carbons (Fsp3) is 0.650. The average molecular weight is 491 g/mol. The Hall–Kier alpha value is -1.22. The van der Waals surface area contributed by atoms with Gasteiger partial charge in [0.1, 0.15) is 0 Å². The molecule has 0 aromatic heterocycles. The zero-order valence-electron chi connectivity index (χ0n) is 17.0. The van der Waals surface area contributed by atoms with Crippen LogP contribution in [-0.2, 0) is 11.3 Å². The predicted molar refractivity (Wildman–Crippen MR) is 121 cm³/mol. The normalized spacial score (nSPS) is 19.3. The quantitative estimate of drug-likeness (QED) is 0.313. The minimum atomic E-state index is -0.0995. The molecule has 1 atom stereocenters. The Morgan fingerprint density at radius 2 is 2.07 bits per heavy atom. The van der Waals surface area contributed by atoms with Crippen molar-refractivity contribution < 1.29 is 14.2 Å². The van der Waals surface area contributed by atoms with Gasteiger partial charge in [-0.3, -0.25) is 0 Å². The first-order chi connectivity index (χ1) is 12.6. The number of aliphatic imine (C=N–C) groups is 1. The van der Waals surface area contributed by atoms with E-state index in [1.807, 2.05) is 18.2 Å². The van der Waals surface area contributed by atoms with Crippen molar-refractivity contribution in [3.8, 4) is 11.5 Å². The second-order valence-corrected chi connectivity index (χ2v) is 6.78. The van der Waals surface area contributed by atoms with Gasteiger partial charge in [-0.1, -0.05) is 13.0 Å². The maximum atomic E-state index is 5.83. The van der Waals surface area contributed by atoms with Crippen molar-refractivity contribution >= 4 is 29.9 Å². The number of hydrogen-bond donors (Lipinski definition) is 2.